The van der Waals surface area contributed by atoms with Crippen LogP contribution in [0.4, 0.5) is 0 Å². The van der Waals surface area contributed by atoms with Gasteiger partial charge in [-0.25, -0.2) is 4.98 Å². The van der Waals surface area contributed by atoms with E-state index in [4.69, 9.17) is 14.7 Å². The molecule has 8 aromatic rings. The van der Waals surface area contributed by atoms with Crippen LogP contribution >= 0.6 is 0 Å². The molecule has 0 bridgehead atoms. The number of ether oxygens (including phenoxy) is 1. The van der Waals surface area contributed by atoms with Crippen LogP contribution in [-0.2, 0) is 0 Å². The second-order valence-electron chi connectivity index (χ2n) is 9.90. The highest BCUT2D eigenvalue weighted by atomic mass is 16.5. The van der Waals surface area contributed by atoms with Crippen LogP contribution in [0, 0.1) is 0 Å². The predicted molar refractivity (Wildman–Crippen MR) is 163 cm³/mol. The highest BCUT2D eigenvalue weighted by Crippen LogP contribution is 2.37. The molecule has 0 aliphatic rings. The minimum atomic E-state index is 0.762. The van der Waals surface area contributed by atoms with E-state index in [1.165, 1.54) is 10.8 Å². The maximum atomic E-state index is 6.47. The Bertz CT molecular complexity index is 2200. The summed E-state index contributed by atoms with van der Waals surface area (Å²) in [5.41, 5.74) is 4.13. The summed E-state index contributed by atoms with van der Waals surface area (Å²) in [7, 11) is 0. The summed E-state index contributed by atoms with van der Waals surface area (Å²) in [6, 6.07) is 43.7. The molecular formula is C36H23N3O. The maximum absolute atomic E-state index is 6.47. The molecule has 0 spiro atoms. The number of fused-ring (bicyclic) bond motifs is 5. The Kier molecular flexibility index (Phi) is 5.10. The van der Waals surface area contributed by atoms with Crippen LogP contribution in [0.5, 0.6) is 11.5 Å². The molecule has 0 radical (unpaired) electrons. The molecule has 188 valence electrons. The quantitative estimate of drug-likeness (QED) is 0.235. The van der Waals surface area contributed by atoms with Crippen LogP contribution in [-0.4, -0.2) is 14.5 Å². The van der Waals surface area contributed by atoms with Crippen LogP contribution in [0.2, 0.25) is 0 Å². The SMILES string of the molecule is c1cc(Oc2ccc3c4ccccc4n(-c4nccc5ccccc45)c3c2)cc(-c2nccc3ccccc23)c1. The van der Waals surface area contributed by atoms with E-state index in [1.807, 2.05) is 42.7 Å². The second-order valence-corrected chi connectivity index (χ2v) is 9.90. The first-order valence-electron chi connectivity index (χ1n) is 13.3. The lowest BCUT2D eigenvalue weighted by atomic mass is 10.0. The molecule has 3 heterocycles. The van der Waals surface area contributed by atoms with E-state index < -0.39 is 0 Å². The predicted octanol–water partition coefficient (Wildman–Crippen LogP) is 9.34. The number of nitrogens with zero attached hydrogens (tertiary/aromatic N) is 3. The third kappa shape index (κ3) is 3.62. The number of aromatic nitrogens is 3. The average molecular weight is 514 g/mol. The molecule has 0 atom stereocenters. The lowest BCUT2D eigenvalue weighted by Crippen LogP contribution is -1.98. The molecule has 0 aliphatic carbocycles. The summed E-state index contributed by atoms with van der Waals surface area (Å²) >= 11 is 0. The summed E-state index contributed by atoms with van der Waals surface area (Å²) in [5, 5.41) is 6.89. The molecule has 0 saturated carbocycles. The summed E-state index contributed by atoms with van der Waals surface area (Å²) in [6.45, 7) is 0. The number of benzene rings is 5. The second kappa shape index (κ2) is 9.07. The Balaban J connectivity index is 1.27. The fraction of sp³-hybridized carbons (Fsp3) is 0. The minimum Gasteiger partial charge on any atom is -0.457 e. The fourth-order valence-electron chi connectivity index (χ4n) is 5.72. The Morgan fingerprint density at radius 1 is 0.475 bits per heavy atom. The number of pyridine rings is 2. The van der Waals surface area contributed by atoms with Crippen molar-refractivity contribution >= 4 is 43.4 Å². The van der Waals surface area contributed by atoms with Gasteiger partial charge in [-0.15, -0.1) is 0 Å². The Labute approximate surface area is 230 Å². The van der Waals surface area contributed by atoms with Crippen molar-refractivity contribution in [2.24, 2.45) is 0 Å². The van der Waals surface area contributed by atoms with Gasteiger partial charge in [0.1, 0.15) is 17.3 Å². The zero-order valence-corrected chi connectivity index (χ0v) is 21.5. The maximum Gasteiger partial charge on any atom is 0.145 e. The van der Waals surface area contributed by atoms with Gasteiger partial charge < -0.3 is 4.74 Å². The van der Waals surface area contributed by atoms with E-state index >= 15 is 0 Å². The van der Waals surface area contributed by atoms with Gasteiger partial charge in [0.05, 0.1) is 16.7 Å². The van der Waals surface area contributed by atoms with E-state index in [0.717, 1.165) is 61.2 Å². The molecule has 0 amide bonds. The number of para-hydroxylation sites is 1. The molecule has 0 saturated heterocycles. The van der Waals surface area contributed by atoms with Crippen molar-refractivity contribution in [2.45, 2.75) is 0 Å². The smallest absolute Gasteiger partial charge is 0.145 e. The van der Waals surface area contributed by atoms with Crippen molar-refractivity contribution in [3.05, 3.63) is 140 Å². The summed E-state index contributed by atoms with van der Waals surface area (Å²) in [6.07, 6.45) is 3.74. The highest BCUT2D eigenvalue weighted by Gasteiger charge is 2.16. The number of rotatable bonds is 4. The van der Waals surface area contributed by atoms with E-state index in [0.29, 0.717) is 0 Å². The molecule has 4 heteroatoms. The molecule has 4 nitrogen and oxygen atoms in total. The van der Waals surface area contributed by atoms with Crippen molar-refractivity contribution in [3.63, 3.8) is 0 Å². The van der Waals surface area contributed by atoms with Gasteiger partial charge in [0.25, 0.3) is 0 Å². The zero-order valence-electron chi connectivity index (χ0n) is 21.5. The van der Waals surface area contributed by atoms with Crippen molar-refractivity contribution in [1.82, 2.24) is 14.5 Å². The van der Waals surface area contributed by atoms with Gasteiger partial charge in [-0.3, -0.25) is 9.55 Å². The van der Waals surface area contributed by atoms with Crippen LogP contribution < -0.4 is 4.74 Å². The largest absolute Gasteiger partial charge is 0.457 e. The molecule has 40 heavy (non-hydrogen) atoms. The van der Waals surface area contributed by atoms with Gasteiger partial charge in [-0.05, 0) is 53.2 Å². The molecule has 0 aliphatic heterocycles. The normalized spacial score (nSPS) is 11.5. The summed E-state index contributed by atoms with van der Waals surface area (Å²) < 4.78 is 8.72. The third-order valence-electron chi connectivity index (χ3n) is 7.53. The molecule has 0 N–H and O–H groups in total. The molecule has 0 unspecified atom stereocenters. The Morgan fingerprint density at radius 3 is 2.02 bits per heavy atom. The first-order chi connectivity index (χ1) is 19.8. The summed E-state index contributed by atoms with van der Waals surface area (Å²) in [5.74, 6) is 2.43. The summed E-state index contributed by atoms with van der Waals surface area (Å²) in [4.78, 5) is 9.54. The van der Waals surface area contributed by atoms with Crippen LogP contribution in [0.15, 0.2) is 140 Å². The van der Waals surface area contributed by atoms with Gasteiger partial charge in [0.2, 0.25) is 0 Å². The first kappa shape index (κ1) is 22.5. The zero-order chi connectivity index (χ0) is 26.5. The van der Waals surface area contributed by atoms with E-state index in [9.17, 15) is 0 Å². The molecule has 3 aromatic heterocycles. The monoisotopic (exact) mass is 513 g/mol. The number of hydrogen-bond acceptors (Lipinski definition) is 3. The third-order valence-corrected chi connectivity index (χ3v) is 7.53. The van der Waals surface area contributed by atoms with Crippen molar-refractivity contribution in [2.75, 3.05) is 0 Å². The van der Waals surface area contributed by atoms with Crippen molar-refractivity contribution < 1.29 is 4.74 Å². The van der Waals surface area contributed by atoms with Crippen molar-refractivity contribution in [3.8, 4) is 28.6 Å². The van der Waals surface area contributed by atoms with E-state index in [2.05, 4.69) is 102 Å². The van der Waals surface area contributed by atoms with Crippen molar-refractivity contribution in [1.29, 1.82) is 0 Å². The van der Waals surface area contributed by atoms with Gasteiger partial charge in [0, 0.05) is 45.6 Å². The van der Waals surface area contributed by atoms with Crippen LogP contribution in [0.25, 0.3) is 60.4 Å². The van der Waals surface area contributed by atoms with Gasteiger partial charge in [-0.2, -0.15) is 0 Å². The minimum absolute atomic E-state index is 0.762. The average Bonchev–Trinajstić information content (AvgIpc) is 3.34. The molecule has 8 rings (SSSR count). The lowest BCUT2D eigenvalue weighted by Gasteiger charge is -2.12. The first-order valence-corrected chi connectivity index (χ1v) is 13.3. The van der Waals surface area contributed by atoms with Gasteiger partial charge >= 0.3 is 0 Å². The standard InChI is InChI=1S/C36H23N3O/c1-3-12-29-24(8-1)18-20-37-35(29)26-10-7-11-27(22-26)40-28-16-17-32-31-14-5-6-15-33(31)39(34(32)23-28)36-30-13-4-2-9-25(30)19-21-38-36/h1-23H. The van der Waals surface area contributed by atoms with E-state index in [-0.39, 0.29) is 0 Å². The van der Waals surface area contributed by atoms with Crippen LogP contribution in [0.3, 0.4) is 0 Å². The molecule has 0 fully saturated rings. The Morgan fingerprint density at radius 2 is 1.15 bits per heavy atom. The molecule has 5 aromatic carbocycles. The Hall–Kier alpha value is -5.48. The van der Waals surface area contributed by atoms with Gasteiger partial charge in [0.15, 0.2) is 0 Å². The topological polar surface area (TPSA) is 39.9 Å². The fourth-order valence-corrected chi connectivity index (χ4v) is 5.72. The van der Waals surface area contributed by atoms with Gasteiger partial charge in [-0.1, -0.05) is 78.9 Å². The lowest BCUT2D eigenvalue weighted by molar-refractivity contribution is 0.483. The number of hydrogen-bond donors (Lipinski definition) is 0. The van der Waals surface area contributed by atoms with E-state index in [1.54, 1.807) is 0 Å². The highest BCUT2D eigenvalue weighted by molar-refractivity contribution is 6.10. The van der Waals surface area contributed by atoms with Crippen LogP contribution in [0.1, 0.15) is 0 Å². The molecular weight excluding hydrogens is 490 g/mol.